The van der Waals surface area contributed by atoms with Gasteiger partial charge in [0.25, 0.3) is 0 Å². The van der Waals surface area contributed by atoms with Gasteiger partial charge in [0.2, 0.25) is 0 Å². The van der Waals surface area contributed by atoms with Gasteiger partial charge in [0.15, 0.2) is 0 Å². The number of nitriles is 1. The van der Waals surface area contributed by atoms with Crippen LogP contribution < -0.4 is 11.1 Å². The van der Waals surface area contributed by atoms with Gasteiger partial charge in [-0.15, -0.1) is 0 Å². The first-order chi connectivity index (χ1) is 9.78. The summed E-state index contributed by atoms with van der Waals surface area (Å²) in [6.45, 7) is 0. The van der Waals surface area contributed by atoms with Gasteiger partial charge in [-0.2, -0.15) is 5.26 Å². The Kier molecular flexibility index (Phi) is 3.30. The molecule has 0 atom stereocenters. The molecule has 1 aliphatic carbocycles. The fourth-order valence-electron chi connectivity index (χ4n) is 2.80. The number of nitrogen functional groups attached to an aromatic ring is 1. The van der Waals surface area contributed by atoms with Gasteiger partial charge in [-0.3, -0.25) is 0 Å². The Morgan fingerprint density at radius 2 is 1.95 bits per heavy atom. The summed E-state index contributed by atoms with van der Waals surface area (Å²) in [5.41, 5.74) is 11.9. The molecule has 3 N–H and O–H groups in total. The molecular formula is C17H17N3. The smallest absolute Gasteiger partial charge is 0.101 e. The first kappa shape index (κ1) is 12.6. The van der Waals surface area contributed by atoms with Gasteiger partial charge < -0.3 is 11.1 Å². The number of benzene rings is 2. The van der Waals surface area contributed by atoms with Crippen molar-refractivity contribution in [2.24, 2.45) is 0 Å². The zero-order valence-electron chi connectivity index (χ0n) is 11.3. The number of rotatable bonds is 2. The molecule has 0 radical (unpaired) electrons. The predicted molar refractivity (Wildman–Crippen MR) is 81.9 cm³/mol. The SMILES string of the molecule is N#Cc1ccc(Nc2cccc3c2CCCC3)cc1N. The normalized spacial score (nSPS) is 13.3. The van der Waals surface area contributed by atoms with Crippen molar-refractivity contribution < 1.29 is 0 Å². The summed E-state index contributed by atoms with van der Waals surface area (Å²) in [4.78, 5) is 0. The highest BCUT2D eigenvalue weighted by Gasteiger charge is 2.13. The molecule has 3 nitrogen and oxygen atoms in total. The number of hydrogen-bond acceptors (Lipinski definition) is 3. The molecular weight excluding hydrogens is 246 g/mol. The number of nitrogens with one attached hydrogen (secondary N) is 1. The third kappa shape index (κ3) is 2.33. The number of anilines is 3. The largest absolute Gasteiger partial charge is 0.398 e. The molecule has 0 saturated heterocycles. The molecule has 0 unspecified atom stereocenters. The van der Waals surface area contributed by atoms with Crippen LogP contribution in [0.3, 0.4) is 0 Å². The lowest BCUT2D eigenvalue weighted by Crippen LogP contribution is -2.06. The first-order valence-corrected chi connectivity index (χ1v) is 6.95. The number of hydrogen-bond donors (Lipinski definition) is 2. The zero-order chi connectivity index (χ0) is 13.9. The van der Waals surface area contributed by atoms with Crippen LogP contribution in [0.5, 0.6) is 0 Å². The molecule has 3 rings (SSSR count). The van der Waals surface area contributed by atoms with E-state index in [0.29, 0.717) is 11.3 Å². The van der Waals surface area contributed by atoms with E-state index in [4.69, 9.17) is 11.0 Å². The van der Waals surface area contributed by atoms with E-state index in [0.717, 1.165) is 17.8 Å². The van der Waals surface area contributed by atoms with Gasteiger partial charge in [0, 0.05) is 11.4 Å². The number of nitrogens with two attached hydrogens (primary N) is 1. The van der Waals surface area contributed by atoms with Crippen LogP contribution in [-0.4, -0.2) is 0 Å². The maximum absolute atomic E-state index is 8.91. The molecule has 0 aliphatic heterocycles. The average Bonchev–Trinajstić information content (AvgIpc) is 2.48. The highest BCUT2D eigenvalue weighted by Crippen LogP contribution is 2.30. The van der Waals surface area contributed by atoms with Crippen LogP contribution in [0.2, 0.25) is 0 Å². The van der Waals surface area contributed by atoms with Crippen molar-refractivity contribution in [1.82, 2.24) is 0 Å². The van der Waals surface area contributed by atoms with Gasteiger partial charge in [-0.25, -0.2) is 0 Å². The quantitative estimate of drug-likeness (QED) is 0.811. The van der Waals surface area contributed by atoms with E-state index in [9.17, 15) is 0 Å². The van der Waals surface area contributed by atoms with Crippen molar-refractivity contribution in [3.05, 3.63) is 53.1 Å². The molecule has 1 aliphatic rings. The summed E-state index contributed by atoms with van der Waals surface area (Å²) in [5.74, 6) is 0. The monoisotopic (exact) mass is 263 g/mol. The first-order valence-electron chi connectivity index (χ1n) is 6.95. The number of nitrogens with zero attached hydrogens (tertiary/aromatic N) is 1. The van der Waals surface area contributed by atoms with Crippen LogP contribution in [0.15, 0.2) is 36.4 Å². The Labute approximate surface area is 119 Å². The highest BCUT2D eigenvalue weighted by atomic mass is 14.9. The van der Waals surface area contributed by atoms with Crippen molar-refractivity contribution in [1.29, 1.82) is 5.26 Å². The zero-order valence-corrected chi connectivity index (χ0v) is 11.3. The Morgan fingerprint density at radius 3 is 2.75 bits per heavy atom. The molecule has 3 heteroatoms. The van der Waals surface area contributed by atoms with Gasteiger partial charge in [0.1, 0.15) is 6.07 Å². The van der Waals surface area contributed by atoms with Crippen LogP contribution >= 0.6 is 0 Å². The molecule has 2 aromatic rings. The Bertz CT molecular complexity index is 683. The second-order valence-corrected chi connectivity index (χ2v) is 5.19. The van der Waals surface area contributed by atoms with Crippen molar-refractivity contribution in [3.63, 3.8) is 0 Å². The molecule has 0 saturated carbocycles. The molecule has 100 valence electrons. The molecule has 20 heavy (non-hydrogen) atoms. The van der Waals surface area contributed by atoms with E-state index in [1.807, 2.05) is 12.1 Å². The topological polar surface area (TPSA) is 61.8 Å². The van der Waals surface area contributed by atoms with Crippen molar-refractivity contribution >= 4 is 17.1 Å². The molecule has 0 heterocycles. The van der Waals surface area contributed by atoms with Crippen molar-refractivity contribution in [2.75, 3.05) is 11.1 Å². The molecule has 0 spiro atoms. The Morgan fingerprint density at radius 1 is 1.10 bits per heavy atom. The lowest BCUT2D eigenvalue weighted by molar-refractivity contribution is 0.687. The highest BCUT2D eigenvalue weighted by molar-refractivity contribution is 5.70. The molecule has 0 bridgehead atoms. The lowest BCUT2D eigenvalue weighted by atomic mass is 9.90. The second kappa shape index (κ2) is 5.26. The van der Waals surface area contributed by atoms with Crippen LogP contribution in [-0.2, 0) is 12.8 Å². The van der Waals surface area contributed by atoms with E-state index in [1.54, 1.807) is 6.07 Å². The molecule has 0 aromatic heterocycles. The third-order valence-corrected chi connectivity index (χ3v) is 3.85. The van der Waals surface area contributed by atoms with Crippen LogP contribution in [0.1, 0.15) is 29.5 Å². The minimum Gasteiger partial charge on any atom is -0.398 e. The summed E-state index contributed by atoms with van der Waals surface area (Å²) in [6.07, 6.45) is 4.83. The van der Waals surface area contributed by atoms with E-state index in [-0.39, 0.29) is 0 Å². The summed E-state index contributed by atoms with van der Waals surface area (Å²) >= 11 is 0. The summed E-state index contributed by atoms with van der Waals surface area (Å²) < 4.78 is 0. The minimum atomic E-state index is 0.516. The van der Waals surface area contributed by atoms with Crippen LogP contribution in [0, 0.1) is 11.3 Å². The summed E-state index contributed by atoms with van der Waals surface area (Å²) in [7, 11) is 0. The second-order valence-electron chi connectivity index (χ2n) is 5.19. The summed E-state index contributed by atoms with van der Waals surface area (Å²) in [5, 5.41) is 12.3. The van der Waals surface area contributed by atoms with Gasteiger partial charge in [-0.05, 0) is 61.1 Å². The van der Waals surface area contributed by atoms with E-state index in [2.05, 4.69) is 29.6 Å². The maximum atomic E-state index is 8.91. The minimum absolute atomic E-state index is 0.516. The van der Waals surface area contributed by atoms with E-state index in [1.165, 1.54) is 30.4 Å². The van der Waals surface area contributed by atoms with Crippen LogP contribution in [0.4, 0.5) is 17.1 Å². The van der Waals surface area contributed by atoms with Gasteiger partial charge >= 0.3 is 0 Å². The van der Waals surface area contributed by atoms with Gasteiger partial charge in [-0.1, -0.05) is 12.1 Å². The standard InChI is InChI=1S/C17H17N3/c18-11-13-8-9-14(10-16(13)19)20-17-7-3-5-12-4-1-2-6-15(12)17/h3,5,7-10,20H,1-2,4,6,19H2. The number of fused-ring (bicyclic) bond motifs is 1. The predicted octanol–water partition coefficient (Wildman–Crippen LogP) is 3.76. The molecule has 0 amide bonds. The summed E-state index contributed by atoms with van der Waals surface area (Å²) in [6, 6.07) is 14.0. The molecule has 0 fully saturated rings. The molecule has 2 aromatic carbocycles. The Balaban J connectivity index is 1.92. The van der Waals surface area contributed by atoms with Crippen molar-refractivity contribution in [3.8, 4) is 6.07 Å². The Hall–Kier alpha value is -2.47. The van der Waals surface area contributed by atoms with E-state index >= 15 is 0 Å². The fraction of sp³-hybridized carbons (Fsp3) is 0.235. The average molecular weight is 263 g/mol. The fourth-order valence-corrected chi connectivity index (χ4v) is 2.80. The van der Waals surface area contributed by atoms with E-state index < -0.39 is 0 Å². The van der Waals surface area contributed by atoms with Crippen molar-refractivity contribution in [2.45, 2.75) is 25.7 Å². The maximum Gasteiger partial charge on any atom is 0.101 e. The number of aryl methyl sites for hydroxylation is 1. The lowest BCUT2D eigenvalue weighted by Gasteiger charge is -2.20. The van der Waals surface area contributed by atoms with Crippen LogP contribution in [0.25, 0.3) is 0 Å². The third-order valence-electron chi connectivity index (χ3n) is 3.85. The van der Waals surface area contributed by atoms with Gasteiger partial charge in [0.05, 0.1) is 11.3 Å².